The molecule has 1 rings (SSSR count). The van der Waals surface area contributed by atoms with Gasteiger partial charge in [-0.25, -0.2) is 4.98 Å². The van der Waals surface area contributed by atoms with E-state index in [1.807, 2.05) is 13.8 Å². The van der Waals surface area contributed by atoms with Crippen molar-refractivity contribution in [2.45, 2.75) is 19.9 Å². The molecule has 0 atom stereocenters. The number of nitrogen functional groups attached to an aromatic ring is 1. The first-order chi connectivity index (χ1) is 7.57. The summed E-state index contributed by atoms with van der Waals surface area (Å²) in [5, 5.41) is 8.91. The van der Waals surface area contributed by atoms with Crippen molar-refractivity contribution in [1.82, 2.24) is 9.88 Å². The summed E-state index contributed by atoms with van der Waals surface area (Å²) in [7, 11) is 0. The molecule has 0 aromatic carbocycles. The first-order valence-corrected chi connectivity index (χ1v) is 5.20. The fourth-order valence-corrected chi connectivity index (χ4v) is 1.46. The smallest absolute Gasteiger partial charge is 0.257 e. The normalized spacial score (nSPS) is 10.5. The van der Waals surface area contributed by atoms with Crippen molar-refractivity contribution in [3.63, 3.8) is 0 Å². The Balaban J connectivity index is 2.95. The zero-order valence-corrected chi connectivity index (χ0v) is 9.55. The Labute approximate surface area is 94.9 Å². The zero-order valence-electron chi connectivity index (χ0n) is 9.55. The van der Waals surface area contributed by atoms with Crippen molar-refractivity contribution in [3.05, 3.63) is 23.9 Å². The summed E-state index contributed by atoms with van der Waals surface area (Å²) < 4.78 is 0. The molecule has 16 heavy (non-hydrogen) atoms. The van der Waals surface area contributed by atoms with E-state index in [2.05, 4.69) is 4.98 Å². The Morgan fingerprint density at radius 2 is 2.31 bits per heavy atom. The maximum atomic E-state index is 12.1. The molecule has 0 spiro atoms. The molecule has 1 aromatic heterocycles. The lowest BCUT2D eigenvalue weighted by Gasteiger charge is -2.26. The Morgan fingerprint density at radius 3 is 2.81 bits per heavy atom. The molecule has 0 saturated carbocycles. The minimum atomic E-state index is -0.199. The number of hydrogen-bond acceptors (Lipinski definition) is 4. The van der Waals surface area contributed by atoms with Gasteiger partial charge in [0.15, 0.2) is 0 Å². The number of nitrogens with zero attached hydrogens (tertiary/aromatic N) is 2. The van der Waals surface area contributed by atoms with Gasteiger partial charge in [0.1, 0.15) is 5.82 Å². The molecule has 0 fully saturated rings. The molecule has 1 heterocycles. The SMILES string of the molecule is CC(C)N(CCO)C(=O)c1cccnc1N. The average molecular weight is 223 g/mol. The third kappa shape index (κ3) is 2.70. The molecule has 5 heteroatoms. The molecular weight excluding hydrogens is 206 g/mol. The van der Waals surface area contributed by atoms with Gasteiger partial charge in [0.05, 0.1) is 12.2 Å². The number of nitrogens with two attached hydrogens (primary N) is 1. The van der Waals surface area contributed by atoms with Gasteiger partial charge in [-0.2, -0.15) is 0 Å². The van der Waals surface area contributed by atoms with E-state index < -0.39 is 0 Å². The number of carbonyl (C=O) groups is 1. The summed E-state index contributed by atoms with van der Waals surface area (Å²) in [6, 6.07) is 3.32. The van der Waals surface area contributed by atoms with E-state index in [9.17, 15) is 4.79 Å². The molecule has 1 aromatic rings. The number of hydrogen-bond donors (Lipinski definition) is 2. The predicted molar refractivity (Wildman–Crippen MR) is 61.9 cm³/mol. The standard InChI is InChI=1S/C11H17N3O2/c1-8(2)14(6-7-15)11(16)9-4-3-5-13-10(9)12/h3-5,8,15H,6-7H2,1-2H3,(H2,12,13). The maximum Gasteiger partial charge on any atom is 0.257 e. The summed E-state index contributed by atoms with van der Waals surface area (Å²) in [5.41, 5.74) is 6.01. The van der Waals surface area contributed by atoms with Crippen LogP contribution in [0.5, 0.6) is 0 Å². The molecule has 0 unspecified atom stereocenters. The van der Waals surface area contributed by atoms with Crippen molar-refractivity contribution in [2.75, 3.05) is 18.9 Å². The number of carbonyl (C=O) groups excluding carboxylic acids is 1. The third-order valence-corrected chi connectivity index (χ3v) is 2.29. The van der Waals surface area contributed by atoms with Crippen LogP contribution in [0.4, 0.5) is 5.82 Å². The summed E-state index contributed by atoms with van der Waals surface area (Å²) in [6.07, 6.45) is 1.54. The Hall–Kier alpha value is -1.62. The molecule has 0 bridgehead atoms. The number of rotatable bonds is 4. The molecule has 3 N–H and O–H groups in total. The molecule has 0 radical (unpaired) electrons. The van der Waals surface area contributed by atoms with Gasteiger partial charge in [-0.05, 0) is 26.0 Å². The highest BCUT2D eigenvalue weighted by Crippen LogP contribution is 2.12. The second-order valence-corrected chi connectivity index (χ2v) is 3.75. The number of pyridine rings is 1. The van der Waals surface area contributed by atoms with E-state index in [0.717, 1.165) is 0 Å². The van der Waals surface area contributed by atoms with E-state index in [0.29, 0.717) is 12.1 Å². The van der Waals surface area contributed by atoms with Crippen molar-refractivity contribution < 1.29 is 9.90 Å². The van der Waals surface area contributed by atoms with Crippen LogP contribution in [-0.2, 0) is 0 Å². The minimum absolute atomic E-state index is 0.0132. The first-order valence-electron chi connectivity index (χ1n) is 5.20. The lowest BCUT2D eigenvalue weighted by atomic mass is 10.2. The topological polar surface area (TPSA) is 79.5 Å². The molecule has 1 amide bonds. The third-order valence-electron chi connectivity index (χ3n) is 2.29. The van der Waals surface area contributed by atoms with Crippen LogP contribution in [0.15, 0.2) is 18.3 Å². The number of aliphatic hydroxyl groups is 1. The van der Waals surface area contributed by atoms with Crippen molar-refractivity contribution in [2.24, 2.45) is 0 Å². The fraction of sp³-hybridized carbons (Fsp3) is 0.455. The van der Waals surface area contributed by atoms with Crippen LogP contribution < -0.4 is 5.73 Å². The highest BCUT2D eigenvalue weighted by atomic mass is 16.3. The van der Waals surface area contributed by atoms with Crippen LogP contribution >= 0.6 is 0 Å². The summed E-state index contributed by atoms with van der Waals surface area (Å²) in [5.74, 6) is 0.0192. The number of amides is 1. The van der Waals surface area contributed by atoms with E-state index in [4.69, 9.17) is 10.8 Å². The first kappa shape index (κ1) is 12.4. The van der Waals surface area contributed by atoms with Crippen molar-refractivity contribution >= 4 is 11.7 Å². The van der Waals surface area contributed by atoms with Gasteiger partial charge >= 0.3 is 0 Å². The Bertz CT molecular complexity index is 366. The lowest BCUT2D eigenvalue weighted by molar-refractivity contribution is 0.0666. The van der Waals surface area contributed by atoms with Gasteiger partial charge in [0.25, 0.3) is 5.91 Å². The van der Waals surface area contributed by atoms with Gasteiger partial charge in [-0.15, -0.1) is 0 Å². The van der Waals surface area contributed by atoms with E-state index in [1.54, 1.807) is 17.0 Å². The molecule has 0 aliphatic heterocycles. The lowest BCUT2D eigenvalue weighted by Crippen LogP contribution is -2.39. The van der Waals surface area contributed by atoms with Crippen LogP contribution in [0.2, 0.25) is 0 Å². The Kier molecular flexibility index (Phi) is 4.25. The summed E-state index contributed by atoms with van der Waals surface area (Å²) >= 11 is 0. The van der Waals surface area contributed by atoms with Crippen LogP contribution in [0.1, 0.15) is 24.2 Å². The highest BCUT2D eigenvalue weighted by Gasteiger charge is 2.20. The van der Waals surface area contributed by atoms with E-state index in [-0.39, 0.29) is 24.4 Å². The van der Waals surface area contributed by atoms with Gasteiger partial charge in [-0.1, -0.05) is 0 Å². The minimum Gasteiger partial charge on any atom is -0.395 e. The number of anilines is 1. The van der Waals surface area contributed by atoms with E-state index in [1.165, 1.54) is 6.20 Å². The molecular formula is C11H17N3O2. The van der Waals surface area contributed by atoms with Gasteiger partial charge in [-0.3, -0.25) is 4.79 Å². The zero-order chi connectivity index (χ0) is 12.1. The second kappa shape index (κ2) is 5.46. The maximum absolute atomic E-state index is 12.1. The van der Waals surface area contributed by atoms with Crippen LogP contribution in [0, 0.1) is 0 Å². The molecule has 0 aliphatic rings. The van der Waals surface area contributed by atoms with Gasteiger partial charge < -0.3 is 15.7 Å². The molecule has 88 valence electrons. The highest BCUT2D eigenvalue weighted by molar-refractivity contribution is 5.98. The second-order valence-electron chi connectivity index (χ2n) is 3.75. The predicted octanol–water partition coefficient (Wildman–Crippen LogP) is 0.507. The molecule has 0 saturated heterocycles. The van der Waals surface area contributed by atoms with Crippen LogP contribution in [-0.4, -0.2) is 40.1 Å². The fourth-order valence-electron chi connectivity index (χ4n) is 1.46. The van der Waals surface area contributed by atoms with Crippen LogP contribution in [0.3, 0.4) is 0 Å². The largest absolute Gasteiger partial charge is 0.395 e. The Morgan fingerprint density at radius 1 is 1.62 bits per heavy atom. The van der Waals surface area contributed by atoms with E-state index >= 15 is 0 Å². The van der Waals surface area contributed by atoms with Gasteiger partial charge in [0.2, 0.25) is 0 Å². The van der Waals surface area contributed by atoms with Crippen molar-refractivity contribution in [3.8, 4) is 0 Å². The van der Waals surface area contributed by atoms with Gasteiger partial charge in [0, 0.05) is 18.8 Å². The summed E-state index contributed by atoms with van der Waals surface area (Å²) in [4.78, 5) is 17.5. The number of aromatic nitrogens is 1. The van der Waals surface area contributed by atoms with Crippen molar-refractivity contribution in [1.29, 1.82) is 0 Å². The van der Waals surface area contributed by atoms with Crippen LogP contribution in [0.25, 0.3) is 0 Å². The monoisotopic (exact) mass is 223 g/mol. The summed E-state index contributed by atoms with van der Waals surface area (Å²) in [6.45, 7) is 4.01. The number of aliphatic hydroxyl groups excluding tert-OH is 1. The quantitative estimate of drug-likeness (QED) is 0.779. The average Bonchev–Trinajstić information content (AvgIpc) is 2.25. The molecule has 5 nitrogen and oxygen atoms in total. The molecule has 0 aliphatic carbocycles.